The smallest absolute Gasteiger partial charge is 0.407 e. The minimum absolute atomic E-state index is 0.243. The van der Waals surface area contributed by atoms with Crippen LogP contribution in [-0.2, 0) is 4.74 Å². The van der Waals surface area contributed by atoms with E-state index in [-0.39, 0.29) is 6.54 Å². The Morgan fingerprint density at radius 3 is 1.85 bits per heavy atom. The van der Waals surface area contributed by atoms with Crippen molar-refractivity contribution < 1.29 is 14.6 Å². The van der Waals surface area contributed by atoms with Gasteiger partial charge < -0.3 is 15.2 Å². The fourth-order valence-corrected chi connectivity index (χ4v) is 2.97. The number of alkyl carbamates (subject to hydrolysis) is 1. The number of allylic oxidation sites excluding steroid dienone is 2. The molecule has 0 unspecified atom stereocenters. The molecule has 0 heterocycles. The fourth-order valence-electron chi connectivity index (χ4n) is 2.97. The van der Waals surface area contributed by atoms with Crippen LogP contribution in [0, 0.1) is 0 Å². The molecule has 0 aromatic heterocycles. The van der Waals surface area contributed by atoms with E-state index in [1.807, 2.05) is 0 Å². The number of ether oxygens (including phenoxy) is 1. The average Bonchev–Trinajstić information content (AvgIpc) is 2.65. The molecule has 4 heteroatoms. The van der Waals surface area contributed by atoms with Crippen LogP contribution in [0.3, 0.4) is 0 Å². The summed E-state index contributed by atoms with van der Waals surface area (Å²) in [5.74, 6) is 0. The molecule has 27 heavy (non-hydrogen) atoms. The summed E-state index contributed by atoms with van der Waals surface area (Å²) >= 11 is 0. The van der Waals surface area contributed by atoms with Crippen LogP contribution in [0.25, 0.3) is 0 Å². The van der Waals surface area contributed by atoms with Gasteiger partial charge in [-0.2, -0.15) is 0 Å². The number of unbranched alkanes of at least 4 members (excludes halogenated alkanes) is 13. The topological polar surface area (TPSA) is 58.6 Å². The molecule has 0 bridgehead atoms. The van der Waals surface area contributed by atoms with Crippen molar-refractivity contribution in [3.8, 4) is 0 Å². The molecule has 4 nitrogen and oxygen atoms in total. The van der Waals surface area contributed by atoms with Crippen LogP contribution in [0.2, 0.25) is 0 Å². The van der Waals surface area contributed by atoms with Gasteiger partial charge in [-0.05, 0) is 39.0 Å². The third-order valence-corrected chi connectivity index (χ3v) is 4.68. The Labute approximate surface area is 168 Å². The van der Waals surface area contributed by atoms with Gasteiger partial charge in [0.25, 0.3) is 0 Å². The Balaban J connectivity index is 3.16. The van der Waals surface area contributed by atoms with Gasteiger partial charge in [-0.3, -0.25) is 0 Å². The van der Waals surface area contributed by atoms with Crippen molar-refractivity contribution >= 4 is 6.09 Å². The zero-order valence-corrected chi connectivity index (χ0v) is 18.0. The fraction of sp³-hybridized carbons (Fsp3) is 0.870. The summed E-state index contributed by atoms with van der Waals surface area (Å²) in [5.41, 5.74) is 0. The molecule has 0 fully saturated rings. The van der Waals surface area contributed by atoms with E-state index in [0.717, 1.165) is 12.8 Å². The molecular weight excluding hydrogens is 338 g/mol. The van der Waals surface area contributed by atoms with Crippen LogP contribution in [-0.4, -0.2) is 30.5 Å². The molecule has 0 aliphatic carbocycles. The summed E-state index contributed by atoms with van der Waals surface area (Å²) in [6, 6.07) is 0. The zero-order valence-electron chi connectivity index (χ0n) is 18.0. The van der Waals surface area contributed by atoms with E-state index in [1.54, 1.807) is 6.92 Å². The second-order valence-electron chi connectivity index (χ2n) is 7.66. The SMILES string of the molecule is CCCCCCCC/C=C\CCCCCCCCCOC(=O)NC[C@H](C)O. The Morgan fingerprint density at radius 2 is 1.33 bits per heavy atom. The highest BCUT2D eigenvalue weighted by Gasteiger charge is 2.02. The molecule has 160 valence electrons. The van der Waals surface area contributed by atoms with Gasteiger partial charge in [-0.25, -0.2) is 4.79 Å². The molecule has 1 amide bonds. The van der Waals surface area contributed by atoms with E-state index < -0.39 is 12.2 Å². The van der Waals surface area contributed by atoms with Gasteiger partial charge in [-0.15, -0.1) is 0 Å². The van der Waals surface area contributed by atoms with Gasteiger partial charge in [0.05, 0.1) is 12.7 Å². The molecule has 0 spiro atoms. The second kappa shape index (κ2) is 21.3. The Bertz CT molecular complexity index is 343. The molecule has 0 saturated heterocycles. The van der Waals surface area contributed by atoms with Crippen LogP contribution in [0.4, 0.5) is 4.79 Å². The molecule has 0 aliphatic rings. The molecule has 0 saturated carbocycles. The van der Waals surface area contributed by atoms with E-state index in [2.05, 4.69) is 24.4 Å². The first-order valence-corrected chi connectivity index (χ1v) is 11.4. The number of amides is 1. The van der Waals surface area contributed by atoms with Crippen molar-refractivity contribution in [3.05, 3.63) is 12.2 Å². The molecule has 2 N–H and O–H groups in total. The number of aliphatic hydroxyl groups excluding tert-OH is 1. The maximum atomic E-state index is 11.3. The number of aliphatic hydroxyl groups is 1. The van der Waals surface area contributed by atoms with Gasteiger partial charge in [-0.1, -0.05) is 83.3 Å². The number of carbonyl (C=O) groups is 1. The maximum Gasteiger partial charge on any atom is 0.407 e. The van der Waals surface area contributed by atoms with Crippen LogP contribution < -0.4 is 5.32 Å². The van der Waals surface area contributed by atoms with Gasteiger partial charge in [0.1, 0.15) is 0 Å². The Morgan fingerprint density at radius 1 is 0.852 bits per heavy atom. The van der Waals surface area contributed by atoms with Crippen molar-refractivity contribution in [2.24, 2.45) is 0 Å². The molecular formula is C23H45NO3. The Kier molecular flexibility index (Phi) is 20.5. The second-order valence-corrected chi connectivity index (χ2v) is 7.66. The third-order valence-electron chi connectivity index (χ3n) is 4.68. The summed E-state index contributed by atoms with van der Waals surface area (Å²) in [7, 11) is 0. The zero-order chi connectivity index (χ0) is 20.0. The van der Waals surface area contributed by atoms with E-state index >= 15 is 0 Å². The largest absolute Gasteiger partial charge is 0.450 e. The minimum atomic E-state index is -0.534. The molecule has 1 atom stereocenters. The van der Waals surface area contributed by atoms with E-state index in [1.165, 1.54) is 83.5 Å². The highest BCUT2D eigenvalue weighted by atomic mass is 16.5. The summed E-state index contributed by atoms with van der Waals surface area (Å²) in [6.45, 7) is 4.61. The highest BCUT2D eigenvalue weighted by molar-refractivity contribution is 5.67. The predicted molar refractivity (Wildman–Crippen MR) is 115 cm³/mol. The van der Waals surface area contributed by atoms with Crippen molar-refractivity contribution in [1.29, 1.82) is 0 Å². The van der Waals surface area contributed by atoms with Gasteiger partial charge in [0.2, 0.25) is 0 Å². The number of nitrogens with one attached hydrogen (secondary N) is 1. The Hall–Kier alpha value is -1.03. The number of rotatable bonds is 19. The van der Waals surface area contributed by atoms with E-state index in [9.17, 15) is 4.79 Å². The lowest BCUT2D eigenvalue weighted by molar-refractivity contribution is 0.133. The summed E-state index contributed by atoms with van der Waals surface area (Å²) in [4.78, 5) is 11.3. The molecule has 0 aliphatic heterocycles. The normalized spacial score (nSPS) is 12.4. The summed E-state index contributed by atoms with van der Waals surface area (Å²) < 4.78 is 5.05. The highest BCUT2D eigenvalue weighted by Crippen LogP contribution is 2.10. The number of hydrogen-bond donors (Lipinski definition) is 2. The van der Waals surface area contributed by atoms with Crippen molar-refractivity contribution in [2.75, 3.05) is 13.2 Å². The quantitative estimate of drug-likeness (QED) is 0.197. The predicted octanol–water partition coefficient (Wildman–Crippen LogP) is 6.52. The lowest BCUT2D eigenvalue weighted by Gasteiger charge is -2.08. The average molecular weight is 384 g/mol. The first-order valence-electron chi connectivity index (χ1n) is 11.4. The van der Waals surface area contributed by atoms with Crippen molar-refractivity contribution in [3.63, 3.8) is 0 Å². The first-order chi connectivity index (χ1) is 13.2. The molecule has 0 radical (unpaired) electrons. The summed E-state index contributed by atoms with van der Waals surface area (Å²) in [5, 5.41) is 11.6. The first kappa shape index (κ1) is 26.0. The number of carbonyl (C=O) groups excluding carboxylic acids is 1. The minimum Gasteiger partial charge on any atom is -0.450 e. The lowest BCUT2D eigenvalue weighted by atomic mass is 10.1. The van der Waals surface area contributed by atoms with E-state index in [0.29, 0.717) is 6.61 Å². The van der Waals surface area contributed by atoms with Gasteiger partial charge >= 0.3 is 6.09 Å². The molecule has 0 rings (SSSR count). The van der Waals surface area contributed by atoms with Crippen molar-refractivity contribution in [2.45, 2.75) is 116 Å². The summed E-state index contributed by atoms with van der Waals surface area (Å²) in [6.07, 6.45) is 23.0. The van der Waals surface area contributed by atoms with Gasteiger partial charge in [0, 0.05) is 6.54 Å². The van der Waals surface area contributed by atoms with E-state index in [4.69, 9.17) is 9.84 Å². The van der Waals surface area contributed by atoms with Crippen LogP contribution in [0.1, 0.15) is 110 Å². The van der Waals surface area contributed by atoms with Crippen molar-refractivity contribution in [1.82, 2.24) is 5.32 Å². The number of hydrogen-bond acceptors (Lipinski definition) is 3. The monoisotopic (exact) mass is 383 g/mol. The van der Waals surface area contributed by atoms with Gasteiger partial charge in [0.15, 0.2) is 0 Å². The third kappa shape index (κ3) is 22.9. The standard InChI is InChI=1S/C23H45NO3/c1-3-4-5-6-7-8-9-10-11-12-13-14-15-16-17-18-19-20-27-23(26)24-21-22(2)25/h10-11,22,25H,3-9,12-21H2,1-2H3,(H,24,26)/b11-10-/t22-/m0/s1. The lowest BCUT2D eigenvalue weighted by Crippen LogP contribution is -2.31. The maximum absolute atomic E-state index is 11.3. The van der Waals surface area contributed by atoms with Crippen LogP contribution >= 0.6 is 0 Å². The molecule has 0 aromatic rings. The molecule has 0 aromatic carbocycles. The van der Waals surface area contributed by atoms with Crippen LogP contribution in [0.5, 0.6) is 0 Å². The van der Waals surface area contributed by atoms with Crippen LogP contribution in [0.15, 0.2) is 12.2 Å².